The van der Waals surface area contributed by atoms with Gasteiger partial charge in [0.1, 0.15) is 16.9 Å². The molecule has 0 saturated heterocycles. The molecule has 2 heterocycles. The summed E-state index contributed by atoms with van der Waals surface area (Å²) < 4.78 is 34.5. The Morgan fingerprint density at radius 1 is 0.780 bits per heavy atom. The second-order valence-electron chi connectivity index (χ2n) is 13.2. The molecule has 0 amide bonds. The van der Waals surface area contributed by atoms with Gasteiger partial charge in [-0.2, -0.15) is 5.26 Å². The van der Waals surface area contributed by atoms with Crippen molar-refractivity contribution in [1.82, 2.24) is 0 Å². The summed E-state index contributed by atoms with van der Waals surface area (Å²) in [4.78, 5) is 65.9. The van der Waals surface area contributed by atoms with Crippen LogP contribution >= 0.6 is 0 Å². The summed E-state index contributed by atoms with van der Waals surface area (Å²) in [5.74, 6) is -3.98. The molecule has 0 N–H and O–H groups in total. The fraction of sp³-hybridized carbons (Fsp3) is 0.541. The first-order valence-corrected chi connectivity index (χ1v) is 17.0. The number of hydrogen-bond acceptors (Lipinski definition) is 13. The van der Waals surface area contributed by atoms with E-state index in [1.165, 1.54) is 0 Å². The maximum absolute atomic E-state index is 14.3. The molecule has 3 atom stereocenters. The van der Waals surface area contributed by atoms with E-state index in [0.29, 0.717) is 31.2 Å². The molecule has 0 radical (unpaired) electrons. The highest BCUT2D eigenvalue weighted by atomic mass is 16.6. The first-order chi connectivity index (χ1) is 24.1. The van der Waals surface area contributed by atoms with Gasteiger partial charge >= 0.3 is 23.9 Å². The minimum atomic E-state index is -2.30. The van der Waals surface area contributed by atoms with Gasteiger partial charge < -0.3 is 28.4 Å². The molecular weight excluding hydrogens is 646 g/mol. The Morgan fingerprint density at radius 2 is 1.34 bits per heavy atom. The Labute approximate surface area is 290 Å². The van der Waals surface area contributed by atoms with E-state index in [2.05, 4.69) is 6.07 Å². The number of rotatable bonds is 6. The molecule has 1 aromatic rings. The van der Waals surface area contributed by atoms with Crippen molar-refractivity contribution in [3.05, 3.63) is 51.6 Å². The van der Waals surface area contributed by atoms with Crippen LogP contribution in [0.5, 0.6) is 5.75 Å². The lowest BCUT2D eigenvalue weighted by Crippen LogP contribution is -2.62. The minimum absolute atomic E-state index is 0.126. The number of aliphatic imine (C=N–C) groups is 2. The fourth-order valence-electron chi connectivity index (χ4n) is 8.14. The number of carbonyl (C=O) groups is 4. The summed E-state index contributed by atoms with van der Waals surface area (Å²) in [6.45, 7) is 1.80. The van der Waals surface area contributed by atoms with E-state index in [-0.39, 0.29) is 57.3 Å². The number of nitrogens with zero attached hydrogens (tertiary/aromatic N) is 3. The topological polar surface area (TPSA) is 172 Å². The summed E-state index contributed by atoms with van der Waals surface area (Å²) in [5, 5.41) is 11.7. The number of fused-ring (bicyclic) bond motifs is 4. The van der Waals surface area contributed by atoms with E-state index >= 15 is 0 Å². The minimum Gasteiger partial charge on any atom is -0.483 e. The summed E-state index contributed by atoms with van der Waals surface area (Å²) >= 11 is 0. The zero-order valence-electron chi connectivity index (χ0n) is 29.0. The largest absolute Gasteiger partial charge is 0.483 e. The Balaban J connectivity index is 1.80. The van der Waals surface area contributed by atoms with Gasteiger partial charge in [-0.05, 0) is 44.7 Å². The maximum Gasteiger partial charge on any atom is 0.344 e. The number of nitriles is 1. The number of benzene rings is 1. The molecule has 1 spiro atoms. The summed E-state index contributed by atoms with van der Waals surface area (Å²) in [6.07, 6.45) is 6.61. The van der Waals surface area contributed by atoms with Gasteiger partial charge in [-0.3, -0.25) is 4.99 Å². The highest BCUT2D eigenvalue weighted by Gasteiger charge is 2.78. The van der Waals surface area contributed by atoms with Crippen molar-refractivity contribution in [2.75, 3.05) is 28.4 Å². The first kappa shape index (κ1) is 34.9. The molecule has 6 rings (SSSR count). The van der Waals surface area contributed by atoms with Crippen LogP contribution in [0.3, 0.4) is 0 Å². The molecule has 13 nitrogen and oxygen atoms in total. The molecule has 0 bridgehead atoms. The average molecular weight is 688 g/mol. The van der Waals surface area contributed by atoms with Gasteiger partial charge in [-0.1, -0.05) is 50.2 Å². The molecule has 50 heavy (non-hydrogen) atoms. The zero-order valence-corrected chi connectivity index (χ0v) is 29.0. The lowest BCUT2D eigenvalue weighted by atomic mass is 9.59. The van der Waals surface area contributed by atoms with E-state index in [4.69, 9.17) is 38.4 Å². The van der Waals surface area contributed by atoms with E-state index < -0.39 is 41.0 Å². The van der Waals surface area contributed by atoms with Crippen LogP contribution < -0.4 is 4.74 Å². The van der Waals surface area contributed by atoms with Crippen molar-refractivity contribution in [2.45, 2.75) is 94.9 Å². The van der Waals surface area contributed by atoms with Crippen molar-refractivity contribution in [2.24, 2.45) is 15.4 Å². The van der Waals surface area contributed by atoms with E-state index in [1.807, 2.05) is 0 Å². The summed E-state index contributed by atoms with van der Waals surface area (Å²) in [7, 11) is 4.59. The smallest absolute Gasteiger partial charge is 0.344 e. The molecule has 2 saturated carbocycles. The Kier molecular flexibility index (Phi) is 9.57. The number of esters is 4. The van der Waals surface area contributed by atoms with Crippen LogP contribution in [-0.2, 0) is 48.5 Å². The van der Waals surface area contributed by atoms with E-state index in [1.54, 1.807) is 25.1 Å². The standard InChI is InChI=1S/C37H41N3O10/c1-20-16-17-24-23(18-20)37(28(35(44)48-5)27(34(43)47-4)31(50-37)40-22-14-10-7-11-15-22)36(19-38)29(39-21-12-8-6-9-13-21)25(32(41)45-2)26(30(36)49-24)33(42)46-3/h16-18,21-22,30H,6-15H2,1-5H3/t30-,36+,37+/m0/s1. The third kappa shape index (κ3) is 5.18. The summed E-state index contributed by atoms with van der Waals surface area (Å²) in [6, 6.07) is 6.77. The van der Waals surface area contributed by atoms with Gasteiger partial charge in [0.15, 0.2) is 11.5 Å². The second kappa shape index (κ2) is 13.7. The third-order valence-corrected chi connectivity index (χ3v) is 10.4. The number of aryl methyl sites for hydroxylation is 1. The molecule has 3 aliphatic carbocycles. The molecule has 2 aliphatic heterocycles. The Bertz CT molecular complexity index is 1790. The van der Waals surface area contributed by atoms with Crippen molar-refractivity contribution in [3.63, 3.8) is 0 Å². The van der Waals surface area contributed by atoms with E-state index in [0.717, 1.165) is 67.0 Å². The molecule has 2 fully saturated rings. The van der Waals surface area contributed by atoms with Crippen LogP contribution in [0.1, 0.15) is 75.3 Å². The van der Waals surface area contributed by atoms with Gasteiger partial charge in [0, 0.05) is 5.56 Å². The third-order valence-electron chi connectivity index (χ3n) is 10.4. The van der Waals surface area contributed by atoms with Gasteiger partial charge in [-0.25, -0.2) is 24.2 Å². The molecule has 0 unspecified atom stereocenters. The van der Waals surface area contributed by atoms with Crippen molar-refractivity contribution in [1.29, 1.82) is 5.26 Å². The van der Waals surface area contributed by atoms with Crippen LogP contribution in [0.4, 0.5) is 0 Å². The molecule has 264 valence electrons. The van der Waals surface area contributed by atoms with E-state index in [9.17, 15) is 24.4 Å². The van der Waals surface area contributed by atoms with Crippen LogP contribution in [0.15, 0.2) is 50.5 Å². The van der Waals surface area contributed by atoms with Crippen LogP contribution in [-0.4, -0.2) is 82.1 Å². The normalized spacial score (nSPS) is 28.0. The highest BCUT2D eigenvalue weighted by Crippen LogP contribution is 2.65. The number of hydrogen-bond donors (Lipinski definition) is 0. The molecule has 5 aliphatic rings. The average Bonchev–Trinajstić information content (AvgIpc) is 3.62. The zero-order chi connectivity index (χ0) is 35.8. The predicted octanol–water partition coefficient (Wildman–Crippen LogP) is 4.30. The Morgan fingerprint density at radius 3 is 1.90 bits per heavy atom. The van der Waals surface area contributed by atoms with Gasteiger partial charge in [0.05, 0.1) is 63.4 Å². The molecule has 0 aromatic heterocycles. The van der Waals surface area contributed by atoms with Gasteiger partial charge in [0.2, 0.25) is 11.5 Å². The molecule has 1 aromatic carbocycles. The van der Waals surface area contributed by atoms with Gasteiger partial charge in [0.25, 0.3) is 0 Å². The number of methoxy groups -OCH3 is 4. The SMILES string of the molecule is COC(=O)C1=C(C(=O)OC)[C@@H]2Oc3ccc(C)cc3[C@]3(OC(=NC4CCCCC4)C(C(=O)OC)=C3C(=O)OC)[C@]2(C#N)C1=NC1CCCCC1. The lowest BCUT2D eigenvalue weighted by Gasteiger charge is -2.49. The molecular formula is C37H41N3O10. The van der Waals surface area contributed by atoms with Crippen LogP contribution in [0.2, 0.25) is 0 Å². The van der Waals surface area contributed by atoms with Crippen molar-refractivity contribution >= 4 is 35.5 Å². The first-order valence-electron chi connectivity index (χ1n) is 17.0. The van der Waals surface area contributed by atoms with Crippen molar-refractivity contribution < 1.29 is 47.6 Å². The predicted molar refractivity (Wildman–Crippen MR) is 177 cm³/mol. The number of carbonyl (C=O) groups excluding carboxylic acids is 4. The maximum atomic E-state index is 14.3. The van der Waals surface area contributed by atoms with Crippen molar-refractivity contribution in [3.8, 4) is 11.8 Å². The number of ether oxygens (including phenoxy) is 6. The Hall–Kier alpha value is -4.99. The highest BCUT2D eigenvalue weighted by molar-refractivity contribution is 6.32. The molecule has 13 heteroatoms. The van der Waals surface area contributed by atoms with Gasteiger partial charge in [-0.15, -0.1) is 0 Å². The quantitative estimate of drug-likeness (QED) is 0.308. The monoisotopic (exact) mass is 687 g/mol. The second-order valence-corrected chi connectivity index (χ2v) is 13.2. The fourth-order valence-corrected chi connectivity index (χ4v) is 8.14. The van der Waals surface area contributed by atoms with Crippen LogP contribution in [0, 0.1) is 23.7 Å². The van der Waals surface area contributed by atoms with Crippen LogP contribution in [0.25, 0.3) is 0 Å². The lowest BCUT2D eigenvalue weighted by molar-refractivity contribution is -0.143. The summed E-state index contributed by atoms with van der Waals surface area (Å²) in [5.41, 5.74) is -5.24.